The topological polar surface area (TPSA) is 43.8 Å². The van der Waals surface area contributed by atoms with Crippen molar-refractivity contribution in [3.8, 4) is 0 Å². The molecule has 1 rings (SSSR count). The van der Waals surface area contributed by atoms with Crippen LogP contribution < -0.4 is 0 Å². The van der Waals surface area contributed by atoms with Gasteiger partial charge in [0, 0.05) is 29.2 Å². The van der Waals surface area contributed by atoms with Gasteiger partial charge in [0.05, 0.1) is 6.54 Å². The van der Waals surface area contributed by atoms with E-state index >= 15 is 0 Å². The summed E-state index contributed by atoms with van der Waals surface area (Å²) < 4.78 is 0. The van der Waals surface area contributed by atoms with E-state index < -0.39 is 5.97 Å². The number of aliphatic carboxylic acids is 1. The largest absolute Gasteiger partial charge is 0.480 e. The quantitative estimate of drug-likeness (QED) is 0.839. The van der Waals surface area contributed by atoms with Gasteiger partial charge in [0.25, 0.3) is 0 Å². The average molecular weight is 319 g/mol. The number of rotatable bonds is 7. The van der Waals surface area contributed by atoms with Crippen molar-refractivity contribution < 1.29 is 9.90 Å². The average Bonchev–Trinajstić information content (AvgIpc) is 2.36. The van der Waals surface area contributed by atoms with E-state index in [1.54, 1.807) is 18.2 Å². The summed E-state index contributed by atoms with van der Waals surface area (Å²) in [4.78, 5) is 14.9. The van der Waals surface area contributed by atoms with Crippen molar-refractivity contribution in [1.82, 2.24) is 9.80 Å². The number of likely N-dealkylation sites (N-methyl/N-ethyl adjacent to an activating group) is 1. The normalized spacial score (nSPS) is 12.9. The van der Waals surface area contributed by atoms with Crippen molar-refractivity contribution in [2.45, 2.75) is 13.0 Å². The molecular weight excluding hydrogens is 299 g/mol. The van der Waals surface area contributed by atoms with Crippen molar-refractivity contribution in [1.29, 1.82) is 0 Å². The zero-order valence-corrected chi connectivity index (χ0v) is 13.4. The molecule has 0 spiro atoms. The molecule has 1 aromatic rings. The summed E-state index contributed by atoms with van der Waals surface area (Å²) in [7, 11) is 3.91. The minimum absolute atomic E-state index is 0.0299. The summed E-state index contributed by atoms with van der Waals surface area (Å²) in [5.74, 6) is -0.853. The molecule has 20 heavy (non-hydrogen) atoms. The van der Waals surface area contributed by atoms with Crippen LogP contribution in [0.3, 0.4) is 0 Å². The molecule has 0 heterocycles. The summed E-state index contributed by atoms with van der Waals surface area (Å²) in [5.41, 5.74) is 0.846. The van der Waals surface area contributed by atoms with Crippen molar-refractivity contribution in [3.05, 3.63) is 33.8 Å². The Morgan fingerprint density at radius 2 is 1.95 bits per heavy atom. The lowest BCUT2D eigenvalue weighted by Crippen LogP contribution is -2.37. The van der Waals surface area contributed by atoms with Crippen molar-refractivity contribution in [2.24, 2.45) is 0 Å². The Balaban J connectivity index is 2.93. The van der Waals surface area contributed by atoms with Gasteiger partial charge in [-0.05, 0) is 44.8 Å². The van der Waals surface area contributed by atoms with E-state index in [9.17, 15) is 4.79 Å². The standard InChI is InChI=1S/C14H20Cl2N2O2/c1-10(12-8-11(15)4-5-13(12)16)18(9-14(19)20)7-6-17(2)3/h4-5,8,10H,6-7,9H2,1-3H3,(H,19,20). The van der Waals surface area contributed by atoms with E-state index in [0.29, 0.717) is 16.6 Å². The second-order valence-electron chi connectivity index (χ2n) is 5.01. The molecule has 0 fully saturated rings. The lowest BCUT2D eigenvalue weighted by Gasteiger charge is -2.29. The molecule has 0 aromatic heterocycles. The molecule has 0 bridgehead atoms. The van der Waals surface area contributed by atoms with Crippen LogP contribution in [0, 0.1) is 0 Å². The molecule has 6 heteroatoms. The Labute approximate surface area is 129 Å². The second kappa shape index (κ2) is 7.84. The van der Waals surface area contributed by atoms with Crippen LogP contribution in [0.2, 0.25) is 10.0 Å². The minimum Gasteiger partial charge on any atom is -0.480 e. The van der Waals surface area contributed by atoms with E-state index in [1.165, 1.54) is 0 Å². The Hall–Kier alpha value is -0.810. The highest BCUT2D eigenvalue weighted by atomic mass is 35.5. The van der Waals surface area contributed by atoms with E-state index in [4.69, 9.17) is 28.3 Å². The molecule has 0 saturated heterocycles. The maximum absolute atomic E-state index is 11.0. The molecular formula is C14H20Cl2N2O2. The highest BCUT2D eigenvalue weighted by Crippen LogP contribution is 2.29. The van der Waals surface area contributed by atoms with Crippen LogP contribution >= 0.6 is 23.2 Å². The zero-order valence-electron chi connectivity index (χ0n) is 11.9. The van der Waals surface area contributed by atoms with Gasteiger partial charge < -0.3 is 10.0 Å². The Morgan fingerprint density at radius 1 is 1.30 bits per heavy atom. The maximum Gasteiger partial charge on any atom is 0.317 e. The van der Waals surface area contributed by atoms with E-state index in [-0.39, 0.29) is 12.6 Å². The van der Waals surface area contributed by atoms with Gasteiger partial charge >= 0.3 is 5.97 Å². The second-order valence-corrected chi connectivity index (χ2v) is 5.85. The van der Waals surface area contributed by atoms with E-state index in [1.807, 2.05) is 30.8 Å². The van der Waals surface area contributed by atoms with Gasteiger partial charge in [0.2, 0.25) is 0 Å². The van der Waals surface area contributed by atoms with Gasteiger partial charge in [-0.15, -0.1) is 0 Å². The van der Waals surface area contributed by atoms with E-state index in [2.05, 4.69) is 0 Å². The highest BCUT2D eigenvalue weighted by Gasteiger charge is 2.20. The predicted octanol–water partition coefficient (Wildman–Crippen LogP) is 3.00. The fourth-order valence-corrected chi connectivity index (χ4v) is 2.40. The van der Waals surface area contributed by atoms with Crippen LogP contribution in [-0.4, -0.2) is 54.6 Å². The lowest BCUT2D eigenvalue weighted by atomic mass is 10.1. The smallest absolute Gasteiger partial charge is 0.317 e. The van der Waals surface area contributed by atoms with Gasteiger partial charge in [-0.25, -0.2) is 0 Å². The van der Waals surface area contributed by atoms with Gasteiger partial charge in [-0.2, -0.15) is 0 Å². The highest BCUT2D eigenvalue weighted by molar-refractivity contribution is 6.33. The first-order valence-electron chi connectivity index (χ1n) is 6.36. The molecule has 0 aliphatic heterocycles. The number of hydrogen-bond donors (Lipinski definition) is 1. The Kier molecular flexibility index (Phi) is 6.76. The summed E-state index contributed by atoms with van der Waals surface area (Å²) >= 11 is 12.2. The minimum atomic E-state index is -0.853. The lowest BCUT2D eigenvalue weighted by molar-refractivity contribution is -0.138. The molecule has 0 aliphatic rings. The van der Waals surface area contributed by atoms with Crippen LogP contribution in [0.4, 0.5) is 0 Å². The first kappa shape index (κ1) is 17.2. The molecule has 0 amide bonds. The van der Waals surface area contributed by atoms with Gasteiger partial charge in [-0.3, -0.25) is 9.69 Å². The molecule has 1 N–H and O–H groups in total. The molecule has 0 saturated carbocycles. The van der Waals surface area contributed by atoms with Crippen LogP contribution in [0.15, 0.2) is 18.2 Å². The van der Waals surface area contributed by atoms with Crippen molar-refractivity contribution in [3.63, 3.8) is 0 Å². The third-order valence-electron chi connectivity index (χ3n) is 3.13. The monoisotopic (exact) mass is 318 g/mol. The maximum atomic E-state index is 11.0. The van der Waals surface area contributed by atoms with Gasteiger partial charge in [0.1, 0.15) is 0 Å². The number of halogens is 2. The number of carboxylic acid groups (broad SMARTS) is 1. The molecule has 1 aromatic carbocycles. The van der Waals surface area contributed by atoms with Gasteiger partial charge in [-0.1, -0.05) is 23.2 Å². The van der Waals surface area contributed by atoms with Crippen molar-refractivity contribution in [2.75, 3.05) is 33.7 Å². The van der Waals surface area contributed by atoms with E-state index in [0.717, 1.165) is 12.1 Å². The molecule has 1 atom stereocenters. The third-order valence-corrected chi connectivity index (χ3v) is 3.71. The number of carboxylic acids is 1. The van der Waals surface area contributed by atoms with Crippen molar-refractivity contribution >= 4 is 29.2 Å². The number of nitrogens with zero attached hydrogens (tertiary/aromatic N) is 2. The molecule has 112 valence electrons. The molecule has 4 nitrogen and oxygen atoms in total. The predicted molar refractivity (Wildman–Crippen MR) is 82.6 cm³/mol. The van der Waals surface area contributed by atoms with Crippen LogP contribution in [0.1, 0.15) is 18.5 Å². The number of carbonyl (C=O) groups is 1. The first-order valence-corrected chi connectivity index (χ1v) is 7.12. The molecule has 1 unspecified atom stereocenters. The summed E-state index contributed by atoms with van der Waals surface area (Å²) in [6, 6.07) is 5.14. The Morgan fingerprint density at radius 3 is 2.50 bits per heavy atom. The Bertz CT molecular complexity index is 466. The number of hydrogen-bond acceptors (Lipinski definition) is 3. The fraction of sp³-hybridized carbons (Fsp3) is 0.500. The SMILES string of the molecule is CC(c1cc(Cl)ccc1Cl)N(CCN(C)C)CC(=O)O. The van der Waals surface area contributed by atoms with Gasteiger partial charge in [0.15, 0.2) is 0 Å². The molecule has 0 aliphatic carbocycles. The number of benzene rings is 1. The fourth-order valence-electron chi connectivity index (χ4n) is 1.94. The molecule has 0 radical (unpaired) electrons. The zero-order chi connectivity index (χ0) is 15.3. The first-order chi connectivity index (χ1) is 9.31. The van der Waals surface area contributed by atoms with Crippen LogP contribution in [0.25, 0.3) is 0 Å². The summed E-state index contributed by atoms with van der Waals surface area (Å²) in [5, 5.41) is 10.3. The summed E-state index contributed by atoms with van der Waals surface area (Å²) in [6.07, 6.45) is 0. The third kappa shape index (κ3) is 5.29. The summed E-state index contributed by atoms with van der Waals surface area (Å²) in [6.45, 7) is 3.33. The van der Waals surface area contributed by atoms with Crippen LogP contribution in [0.5, 0.6) is 0 Å². The van der Waals surface area contributed by atoms with Crippen LogP contribution in [-0.2, 0) is 4.79 Å².